The molecule has 8 heteroatoms. The van der Waals surface area contributed by atoms with E-state index in [1.165, 1.54) is 4.90 Å². The van der Waals surface area contributed by atoms with Crippen LogP contribution in [0.4, 0.5) is 5.69 Å². The smallest absolute Gasteiger partial charge is 0.270 e. The molecule has 4 rings (SSSR count). The van der Waals surface area contributed by atoms with Gasteiger partial charge in [-0.05, 0) is 79.3 Å². The molecule has 5 nitrogen and oxygen atoms in total. The van der Waals surface area contributed by atoms with E-state index in [0.717, 1.165) is 15.7 Å². The molecule has 1 fully saturated rings. The van der Waals surface area contributed by atoms with Gasteiger partial charge in [0.1, 0.15) is 5.57 Å². The summed E-state index contributed by atoms with van der Waals surface area (Å²) in [5.41, 5.74) is 3.01. The fourth-order valence-corrected chi connectivity index (χ4v) is 3.83. The van der Waals surface area contributed by atoms with Crippen LogP contribution >= 0.6 is 39.7 Å². The van der Waals surface area contributed by atoms with E-state index < -0.39 is 11.8 Å². The number of aromatic nitrogens is 1. The summed E-state index contributed by atoms with van der Waals surface area (Å²) in [5.74, 6) is -1.02. The third kappa shape index (κ3) is 3.84. The zero-order valence-corrected chi connectivity index (χ0v) is 18.9. The second kappa shape index (κ2) is 8.18. The molecule has 150 valence electrons. The molecular formula is C22H15BrClN3O2S. The van der Waals surface area contributed by atoms with Crippen LogP contribution in [0.1, 0.15) is 11.3 Å². The van der Waals surface area contributed by atoms with Gasteiger partial charge in [0.05, 0.1) is 5.69 Å². The van der Waals surface area contributed by atoms with Gasteiger partial charge < -0.3 is 4.57 Å². The van der Waals surface area contributed by atoms with Crippen molar-refractivity contribution in [2.24, 2.45) is 0 Å². The number of carbonyl (C=O) groups is 2. The third-order valence-corrected chi connectivity index (χ3v) is 5.91. The van der Waals surface area contributed by atoms with Crippen LogP contribution in [-0.4, -0.2) is 21.5 Å². The molecule has 1 aliphatic heterocycles. The van der Waals surface area contributed by atoms with E-state index in [1.807, 2.05) is 48.0 Å². The number of thiocarbonyl (C=S) groups is 1. The number of anilines is 1. The molecule has 1 aliphatic rings. The molecule has 2 amide bonds. The molecule has 0 spiro atoms. The van der Waals surface area contributed by atoms with E-state index in [4.69, 9.17) is 23.8 Å². The Balaban J connectivity index is 1.74. The molecule has 1 aromatic heterocycles. The lowest BCUT2D eigenvalue weighted by Crippen LogP contribution is -2.54. The minimum absolute atomic E-state index is 0.00956. The van der Waals surface area contributed by atoms with Gasteiger partial charge in [-0.1, -0.05) is 33.6 Å². The van der Waals surface area contributed by atoms with Gasteiger partial charge in [-0.2, -0.15) is 0 Å². The number of hydrogen-bond acceptors (Lipinski definition) is 3. The molecule has 0 atom stereocenters. The third-order valence-electron chi connectivity index (χ3n) is 4.69. The fourth-order valence-electron chi connectivity index (χ4n) is 3.11. The summed E-state index contributed by atoms with van der Waals surface area (Å²) in [6.07, 6.45) is 3.40. The number of amides is 2. The highest BCUT2D eigenvalue weighted by Gasteiger charge is 2.34. The topological polar surface area (TPSA) is 54.3 Å². The Morgan fingerprint density at radius 3 is 2.47 bits per heavy atom. The van der Waals surface area contributed by atoms with Crippen LogP contribution in [0, 0.1) is 6.92 Å². The standard InChI is InChI=1S/C22H15BrClN3O2S/c1-13-4-7-17(12-19(13)24)26-10-2-3-16(26)11-18-20(28)25-22(30)27(21(18)29)15-8-5-14(23)6-9-15/h2-12H,1H3,(H,25,28,30)/b18-11+. The van der Waals surface area contributed by atoms with Gasteiger partial charge in [-0.15, -0.1) is 0 Å². The Morgan fingerprint density at radius 2 is 1.77 bits per heavy atom. The van der Waals surface area contributed by atoms with Crippen LogP contribution in [0.5, 0.6) is 0 Å². The molecule has 3 aromatic rings. The monoisotopic (exact) mass is 499 g/mol. The summed E-state index contributed by atoms with van der Waals surface area (Å²) in [4.78, 5) is 27.0. The largest absolute Gasteiger partial charge is 0.317 e. The Kier molecular flexibility index (Phi) is 5.60. The lowest BCUT2D eigenvalue weighted by atomic mass is 10.1. The molecule has 30 heavy (non-hydrogen) atoms. The highest BCUT2D eigenvalue weighted by atomic mass is 79.9. The number of rotatable bonds is 3. The van der Waals surface area contributed by atoms with Gasteiger partial charge in [0.25, 0.3) is 11.8 Å². The molecule has 0 aliphatic carbocycles. The van der Waals surface area contributed by atoms with Gasteiger partial charge >= 0.3 is 0 Å². The molecule has 0 saturated carbocycles. The molecule has 1 saturated heterocycles. The predicted molar refractivity (Wildman–Crippen MR) is 126 cm³/mol. The maximum absolute atomic E-state index is 13.2. The van der Waals surface area contributed by atoms with Gasteiger partial charge in [0, 0.05) is 27.1 Å². The molecule has 2 aromatic carbocycles. The molecule has 0 radical (unpaired) electrons. The van der Waals surface area contributed by atoms with Crippen molar-refractivity contribution in [3.63, 3.8) is 0 Å². The van der Waals surface area contributed by atoms with Crippen molar-refractivity contribution in [3.05, 3.63) is 87.1 Å². The van der Waals surface area contributed by atoms with Gasteiger partial charge in [-0.25, -0.2) is 0 Å². The van der Waals surface area contributed by atoms with E-state index in [2.05, 4.69) is 21.2 Å². The average molecular weight is 501 g/mol. The van der Waals surface area contributed by atoms with Gasteiger partial charge in [0.2, 0.25) is 0 Å². The Labute approximate surface area is 192 Å². The summed E-state index contributed by atoms with van der Waals surface area (Å²) < 4.78 is 2.73. The second-order valence-corrected chi connectivity index (χ2v) is 8.38. The van der Waals surface area contributed by atoms with E-state index in [0.29, 0.717) is 16.4 Å². The number of aryl methyl sites for hydroxylation is 1. The molecule has 1 N–H and O–H groups in total. The normalized spacial score (nSPS) is 15.6. The Morgan fingerprint density at radius 1 is 1.07 bits per heavy atom. The minimum atomic E-state index is -0.534. The van der Waals surface area contributed by atoms with Crippen molar-refractivity contribution in [2.45, 2.75) is 6.92 Å². The summed E-state index contributed by atoms with van der Waals surface area (Å²) in [5, 5.41) is 3.28. The summed E-state index contributed by atoms with van der Waals surface area (Å²) in [6.45, 7) is 1.93. The van der Waals surface area contributed by atoms with Crippen LogP contribution in [0.15, 0.2) is 70.8 Å². The van der Waals surface area contributed by atoms with Crippen molar-refractivity contribution in [3.8, 4) is 5.69 Å². The van der Waals surface area contributed by atoms with Crippen molar-refractivity contribution in [1.29, 1.82) is 0 Å². The van der Waals surface area contributed by atoms with Crippen LogP contribution in [0.25, 0.3) is 11.8 Å². The summed E-state index contributed by atoms with van der Waals surface area (Å²) in [7, 11) is 0. The fraction of sp³-hybridized carbons (Fsp3) is 0.0455. The lowest BCUT2D eigenvalue weighted by molar-refractivity contribution is -0.122. The average Bonchev–Trinajstić information content (AvgIpc) is 3.17. The first kappa shape index (κ1) is 20.5. The van der Waals surface area contributed by atoms with Crippen LogP contribution < -0.4 is 10.2 Å². The number of halogens is 2. The van der Waals surface area contributed by atoms with Crippen LogP contribution in [0.2, 0.25) is 5.02 Å². The second-order valence-electron chi connectivity index (χ2n) is 6.67. The first-order valence-corrected chi connectivity index (χ1v) is 10.5. The quantitative estimate of drug-likeness (QED) is 0.312. The van der Waals surface area contributed by atoms with Crippen molar-refractivity contribution in [2.75, 3.05) is 4.90 Å². The van der Waals surface area contributed by atoms with Crippen molar-refractivity contribution in [1.82, 2.24) is 9.88 Å². The molecular weight excluding hydrogens is 486 g/mol. The van der Waals surface area contributed by atoms with E-state index in [9.17, 15) is 9.59 Å². The van der Waals surface area contributed by atoms with E-state index >= 15 is 0 Å². The highest BCUT2D eigenvalue weighted by Crippen LogP contribution is 2.25. The maximum Gasteiger partial charge on any atom is 0.270 e. The molecule has 0 bridgehead atoms. The first-order chi connectivity index (χ1) is 14.3. The Bertz CT molecular complexity index is 1220. The van der Waals surface area contributed by atoms with Gasteiger partial charge in [0.15, 0.2) is 5.11 Å². The minimum Gasteiger partial charge on any atom is -0.317 e. The zero-order valence-electron chi connectivity index (χ0n) is 15.7. The maximum atomic E-state index is 13.2. The number of hydrogen-bond donors (Lipinski definition) is 1. The predicted octanol–water partition coefficient (Wildman–Crippen LogP) is 5.03. The first-order valence-electron chi connectivity index (χ1n) is 8.96. The van der Waals surface area contributed by atoms with Crippen LogP contribution in [0.3, 0.4) is 0 Å². The van der Waals surface area contributed by atoms with Gasteiger partial charge in [-0.3, -0.25) is 19.8 Å². The SMILES string of the molecule is Cc1ccc(-n2cccc2/C=C2\C(=O)NC(=S)N(c3ccc(Br)cc3)C2=O)cc1Cl. The van der Waals surface area contributed by atoms with Crippen LogP contribution in [-0.2, 0) is 9.59 Å². The Hall–Kier alpha value is -2.74. The number of benzene rings is 2. The number of nitrogens with zero attached hydrogens (tertiary/aromatic N) is 2. The highest BCUT2D eigenvalue weighted by molar-refractivity contribution is 9.10. The van der Waals surface area contributed by atoms with E-state index in [1.54, 1.807) is 30.3 Å². The summed E-state index contributed by atoms with van der Waals surface area (Å²) >= 11 is 14.9. The van der Waals surface area contributed by atoms with Crippen molar-refractivity contribution >= 4 is 68.4 Å². The molecule has 0 unspecified atom stereocenters. The zero-order chi connectivity index (χ0) is 21.4. The lowest BCUT2D eigenvalue weighted by Gasteiger charge is -2.29. The number of carbonyl (C=O) groups excluding carboxylic acids is 2. The summed E-state index contributed by atoms with van der Waals surface area (Å²) in [6, 6.07) is 16.4. The van der Waals surface area contributed by atoms with Crippen molar-refractivity contribution < 1.29 is 9.59 Å². The van der Waals surface area contributed by atoms with E-state index in [-0.39, 0.29) is 10.7 Å². The molecule has 2 heterocycles. The number of nitrogens with one attached hydrogen (secondary N) is 1.